The van der Waals surface area contributed by atoms with E-state index in [1.54, 1.807) is 0 Å². The Morgan fingerprint density at radius 2 is 1.57 bits per heavy atom. The lowest BCUT2D eigenvalue weighted by molar-refractivity contribution is -0.123. The molecule has 4 rings (SSSR count). The molecule has 1 aromatic heterocycles. The summed E-state index contributed by atoms with van der Waals surface area (Å²) in [7, 11) is 0. The van der Waals surface area contributed by atoms with Crippen LogP contribution in [0.15, 0.2) is 5.38 Å². The van der Waals surface area contributed by atoms with Crippen LogP contribution in [0.3, 0.4) is 0 Å². The van der Waals surface area contributed by atoms with Crippen molar-refractivity contribution in [3.05, 3.63) is 11.1 Å². The van der Waals surface area contributed by atoms with Gasteiger partial charge in [0, 0.05) is 43.6 Å². The normalized spacial score (nSPS) is 22.1. The van der Waals surface area contributed by atoms with Crippen molar-refractivity contribution >= 4 is 28.3 Å². The largest absolute Gasteiger partial charge is 0.359 e. The number of piperazine rings is 1. The van der Waals surface area contributed by atoms with Crippen LogP contribution in [0.1, 0.15) is 74.7 Å². The first kappa shape index (κ1) is 21.6. The zero-order valence-electron chi connectivity index (χ0n) is 17.9. The number of hydrogen-bond acceptors (Lipinski definition) is 6. The molecule has 1 aromatic rings. The molecule has 0 radical (unpaired) electrons. The van der Waals surface area contributed by atoms with E-state index < -0.39 is 0 Å². The molecule has 1 saturated heterocycles. The smallest absolute Gasteiger partial charge is 0.273 e. The minimum absolute atomic E-state index is 0.00857. The van der Waals surface area contributed by atoms with Gasteiger partial charge in [-0.25, -0.2) is 4.98 Å². The van der Waals surface area contributed by atoms with Gasteiger partial charge in [0.25, 0.3) is 5.91 Å². The lowest BCUT2D eigenvalue weighted by atomic mass is 9.95. The molecule has 0 atom stereocenters. The van der Waals surface area contributed by atoms with Crippen molar-refractivity contribution in [2.75, 3.05) is 38.0 Å². The van der Waals surface area contributed by atoms with Crippen molar-refractivity contribution < 1.29 is 9.59 Å². The fourth-order valence-corrected chi connectivity index (χ4v) is 5.62. The van der Waals surface area contributed by atoms with Crippen LogP contribution in [-0.4, -0.2) is 71.4 Å². The fourth-order valence-electron chi connectivity index (χ4n) is 4.85. The highest BCUT2D eigenvalue weighted by Crippen LogP contribution is 2.24. The number of carbonyl (C=O) groups is 2. The van der Waals surface area contributed by atoms with E-state index in [0.717, 1.165) is 31.1 Å². The molecule has 3 aliphatic rings. The molecular formula is C22H35N5O2S. The summed E-state index contributed by atoms with van der Waals surface area (Å²) in [5, 5.41) is 9.43. The Morgan fingerprint density at radius 1 is 0.933 bits per heavy atom. The number of thiazole rings is 1. The highest BCUT2D eigenvalue weighted by Gasteiger charge is 2.26. The van der Waals surface area contributed by atoms with Gasteiger partial charge >= 0.3 is 0 Å². The molecule has 30 heavy (non-hydrogen) atoms. The van der Waals surface area contributed by atoms with Crippen LogP contribution < -0.4 is 10.6 Å². The van der Waals surface area contributed by atoms with Gasteiger partial charge in [0.05, 0.1) is 6.54 Å². The van der Waals surface area contributed by atoms with E-state index in [-0.39, 0.29) is 11.8 Å². The van der Waals surface area contributed by atoms with Crippen molar-refractivity contribution in [1.29, 1.82) is 0 Å². The van der Waals surface area contributed by atoms with Crippen molar-refractivity contribution in [3.8, 4) is 0 Å². The Kier molecular flexibility index (Phi) is 7.60. The molecule has 166 valence electrons. The van der Waals surface area contributed by atoms with Gasteiger partial charge in [-0.3, -0.25) is 14.5 Å². The summed E-state index contributed by atoms with van der Waals surface area (Å²) in [6.45, 7) is 3.21. The predicted molar refractivity (Wildman–Crippen MR) is 120 cm³/mol. The van der Waals surface area contributed by atoms with E-state index in [2.05, 4.69) is 20.5 Å². The van der Waals surface area contributed by atoms with Crippen molar-refractivity contribution in [2.45, 2.75) is 76.3 Å². The topological polar surface area (TPSA) is 77.6 Å². The molecule has 7 nitrogen and oxygen atoms in total. The molecule has 1 aliphatic heterocycles. The van der Waals surface area contributed by atoms with Gasteiger partial charge in [-0.15, -0.1) is 11.3 Å². The van der Waals surface area contributed by atoms with E-state index in [9.17, 15) is 9.59 Å². The number of rotatable bonds is 6. The Labute approximate surface area is 183 Å². The SMILES string of the molecule is O=C(CN1CCN(C(=O)c2csc(NC3CCCCC3)n2)CC1)NC1CCCCC1. The first-order chi connectivity index (χ1) is 14.7. The highest BCUT2D eigenvalue weighted by molar-refractivity contribution is 7.13. The van der Waals surface area contributed by atoms with Crippen LogP contribution in [0.25, 0.3) is 0 Å². The number of anilines is 1. The summed E-state index contributed by atoms with van der Waals surface area (Å²) >= 11 is 1.53. The molecule has 0 bridgehead atoms. The third-order valence-electron chi connectivity index (χ3n) is 6.65. The zero-order valence-corrected chi connectivity index (χ0v) is 18.7. The van der Waals surface area contributed by atoms with Crippen LogP contribution in [-0.2, 0) is 4.79 Å². The highest BCUT2D eigenvalue weighted by atomic mass is 32.1. The summed E-state index contributed by atoms with van der Waals surface area (Å²) in [5.74, 6) is 0.133. The van der Waals surface area contributed by atoms with Gasteiger partial charge in [-0.05, 0) is 25.7 Å². The summed E-state index contributed by atoms with van der Waals surface area (Å²) in [6, 6.07) is 0.853. The van der Waals surface area contributed by atoms with Crippen LogP contribution >= 0.6 is 11.3 Å². The molecule has 0 unspecified atom stereocenters. The van der Waals surface area contributed by atoms with Crippen molar-refractivity contribution in [3.63, 3.8) is 0 Å². The number of nitrogens with zero attached hydrogens (tertiary/aromatic N) is 3. The van der Waals surface area contributed by atoms with Crippen LogP contribution in [0.4, 0.5) is 5.13 Å². The van der Waals surface area contributed by atoms with Crippen LogP contribution in [0.5, 0.6) is 0 Å². The first-order valence-corrected chi connectivity index (χ1v) is 12.6. The number of nitrogens with one attached hydrogen (secondary N) is 2. The van der Waals surface area contributed by atoms with Crippen molar-refractivity contribution in [1.82, 2.24) is 20.1 Å². The lowest BCUT2D eigenvalue weighted by Crippen LogP contribution is -2.52. The quantitative estimate of drug-likeness (QED) is 0.721. The number of aromatic nitrogens is 1. The predicted octanol–water partition coefficient (Wildman–Crippen LogP) is 3.09. The third-order valence-corrected chi connectivity index (χ3v) is 7.43. The van der Waals surface area contributed by atoms with Gasteiger partial charge in [-0.2, -0.15) is 0 Å². The van der Waals surface area contributed by atoms with E-state index in [0.29, 0.717) is 37.4 Å². The second-order valence-electron chi connectivity index (χ2n) is 8.99. The first-order valence-electron chi connectivity index (χ1n) is 11.7. The van der Waals surface area contributed by atoms with E-state index >= 15 is 0 Å². The molecule has 3 fully saturated rings. The Hall–Kier alpha value is -1.67. The van der Waals surface area contributed by atoms with Crippen molar-refractivity contribution in [2.24, 2.45) is 0 Å². The summed E-state index contributed by atoms with van der Waals surface area (Å²) in [4.78, 5) is 33.7. The molecule has 2 N–H and O–H groups in total. The zero-order chi connectivity index (χ0) is 20.8. The second kappa shape index (κ2) is 10.6. The molecule has 0 aromatic carbocycles. The molecule has 0 spiro atoms. The maximum atomic E-state index is 12.8. The Bertz CT molecular complexity index is 704. The summed E-state index contributed by atoms with van der Waals surface area (Å²) < 4.78 is 0. The summed E-state index contributed by atoms with van der Waals surface area (Å²) in [5.41, 5.74) is 0.543. The molecule has 2 aliphatic carbocycles. The minimum Gasteiger partial charge on any atom is -0.359 e. The van der Waals surface area contributed by atoms with E-state index in [1.165, 1.54) is 62.7 Å². The van der Waals surface area contributed by atoms with Crippen LogP contribution in [0.2, 0.25) is 0 Å². The molecule has 2 heterocycles. The fraction of sp³-hybridized carbons (Fsp3) is 0.773. The average Bonchev–Trinajstić information content (AvgIpc) is 3.23. The molecule has 2 amide bonds. The van der Waals surface area contributed by atoms with Gasteiger partial charge in [0.1, 0.15) is 5.69 Å². The van der Waals surface area contributed by atoms with E-state index in [1.807, 2.05) is 10.3 Å². The second-order valence-corrected chi connectivity index (χ2v) is 9.85. The van der Waals surface area contributed by atoms with Gasteiger partial charge in [0.2, 0.25) is 5.91 Å². The summed E-state index contributed by atoms with van der Waals surface area (Å²) in [6.07, 6.45) is 12.2. The number of carbonyl (C=O) groups excluding carboxylic acids is 2. The Balaban J connectivity index is 1.20. The number of amides is 2. The van der Waals surface area contributed by atoms with E-state index in [4.69, 9.17) is 0 Å². The maximum Gasteiger partial charge on any atom is 0.273 e. The molecular weight excluding hydrogens is 398 g/mol. The van der Waals surface area contributed by atoms with Gasteiger partial charge in [-0.1, -0.05) is 38.5 Å². The monoisotopic (exact) mass is 433 g/mol. The molecule has 8 heteroatoms. The average molecular weight is 434 g/mol. The minimum atomic E-state index is 0.00857. The lowest BCUT2D eigenvalue weighted by Gasteiger charge is -2.34. The van der Waals surface area contributed by atoms with Gasteiger partial charge < -0.3 is 15.5 Å². The molecule has 2 saturated carbocycles. The van der Waals surface area contributed by atoms with Gasteiger partial charge in [0.15, 0.2) is 5.13 Å². The van der Waals surface area contributed by atoms with Crippen LogP contribution in [0, 0.1) is 0 Å². The standard InChI is InChI=1S/C22H35N5O2S/c28-20(23-17-7-3-1-4-8-17)15-26-11-13-27(14-12-26)21(29)19-16-30-22(25-19)24-18-9-5-2-6-10-18/h16-18H,1-15H2,(H,23,28)(H,24,25). The number of hydrogen-bond donors (Lipinski definition) is 2. The maximum absolute atomic E-state index is 12.8. The Morgan fingerprint density at radius 3 is 2.23 bits per heavy atom. The third kappa shape index (κ3) is 5.94.